The molecular formula is C9H22O5. The molecule has 0 saturated heterocycles. The van der Waals surface area contributed by atoms with E-state index in [1.807, 2.05) is 0 Å². The van der Waals surface area contributed by atoms with E-state index in [0.717, 1.165) is 14.2 Å². The van der Waals surface area contributed by atoms with Gasteiger partial charge in [0.25, 0.3) is 0 Å². The number of carbonyl (C=O) groups excluding carboxylic acids is 1. The van der Waals surface area contributed by atoms with Gasteiger partial charge in [-0.2, -0.15) is 0 Å². The van der Waals surface area contributed by atoms with Crippen molar-refractivity contribution in [2.45, 2.75) is 0 Å². The van der Waals surface area contributed by atoms with Crippen molar-refractivity contribution in [2.75, 3.05) is 41.7 Å². The first-order chi connectivity index (χ1) is 6.83. The summed E-state index contributed by atoms with van der Waals surface area (Å²) in [5.41, 5.74) is 0. The van der Waals surface area contributed by atoms with Crippen LogP contribution in [-0.4, -0.2) is 58.2 Å². The Bertz CT molecular complexity index is 65.6. The van der Waals surface area contributed by atoms with E-state index < -0.39 is 0 Å². The van der Waals surface area contributed by atoms with Crippen LogP contribution < -0.4 is 0 Å². The van der Waals surface area contributed by atoms with Gasteiger partial charge < -0.3 is 24.5 Å². The lowest BCUT2D eigenvalue weighted by Gasteiger charge is -1.79. The maximum atomic E-state index is 9.28. The number of aliphatic hydroxyl groups is 2. The molecule has 0 fully saturated rings. The smallest absolute Gasteiger partial charge is 0.145 e. The van der Waals surface area contributed by atoms with Gasteiger partial charge in [0.1, 0.15) is 12.9 Å². The van der Waals surface area contributed by atoms with Gasteiger partial charge in [0, 0.05) is 28.4 Å². The highest BCUT2D eigenvalue weighted by atomic mass is 16.5. The predicted molar refractivity (Wildman–Crippen MR) is 56.3 cm³/mol. The first-order valence-electron chi connectivity index (χ1n) is 3.75. The number of hydrogen-bond acceptors (Lipinski definition) is 5. The molecule has 0 aromatic rings. The zero-order chi connectivity index (χ0) is 12.2. The Kier molecular flexibility index (Phi) is 93.4. The quantitative estimate of drug-likeness (QED) is 0.499. The molecule has 0 bridgehead atoms. The minimum absolute atomic E-state index is 0.208. The topological polar surface area (TPSA) is 76.0 Å². The van der Waals surface area contributed by atoms with Crippen LogP contribution in [0.15, 0.2) is 12.7 Å². The molecule has 0 aliphatic heterocycles. The van der Waals surface area contributed by atoms with Crippen molar-refractivity contribution in [2.24, 2.45) is 0 Å². The first kappa shape index (κ1) is 23.2. The van der Waals surface area contributed by atoms with Gasteiger partial charge in [0.15, 0.2) is 0 Å². The normalized spacial score (nSPS) is 6.14. The second kappa shape index (κ2) is 56.2. The lowest BCUT2D eigenvalue weighted by molar-refractivity contribution is -0.110. The molecule has 0 rings (SSSR count). The van der Waals surface area contributed by atoms with E-state index in [0.29, 0.717) is 12.9 Å². The average molecular weight is 210 g/mol. The molecule has 2 N–H and O–H groups in total. The van der Waals surface area contributed by atoms with Crippen molar-refractivity contribution >= 4 is 6.29 Å². The Morgan fingerprint density at radius 2 is 1.43 bits per heavy atom. The van der Waals surface area contributed by atoms with Crippen LogP contribution in [0.1, 0.15) is 0 Å². The fourth-order valence-electron chi connectivity index (χ4n) is 0.186. The first-order valence-corrected chi connectivity index (χ1v) is 3.75. The highest BCUT2D eigenvalue weighted by Gasteiger charge is 1.64. The van der Waals surface area contributed by atoms with E-state index in [1.165, 1.54) is 7.11 Å². The highest BCUT2D eigenvalue weighted by Crippen LogP contribution is 1.60. The van der Waals surface area contributed by atoms with Gasteiger partial charge in [-0.1, -0.05) is 6.08 Å². The Labute approximate surface area is 86.0 Å². The summed E-state index contributed by atoms with van der Waals surface area (Å²) in [5, 5.41) is 14.0. The molecule has 5 nitrogen and oxygen atoms in total. The molecule has 0 saturated carbocycles. The lowest BCUT2D eigenvalue weighted by atomic mass is 10.7. The van der Waals surface area contributed by atoms with Crippen molar-refractivity contribution in [1.82, 2.24) is 0 Å². The number of ether oxygens (including phenoxy) is 2. The lowest BCUT2D eigenvalue weighted by Crippen LogP contribution is -1.84. The fourth-order valence-corrected chi connectivity index (χ4v) is 0.186. The van der Waals surface area contributed by atoms with Crippen LogP contribution in [0.5, 0.6) is 0 Å². The minimum Gasteiger partial charge on any atom is -0.400 e. The van der Waals surface area contributed by atoms with E-state index in [-0.39, 0.29) is 6.61 Å². The molecule has 0 radical (unpaired) electrons. The average Bonchev–Trinajstić information content (AvgIpc) is 2.27. The molecule has 0 aliphatic carbocycles. The maximum Gasteiger partial charge on any atom is 0.145 e. The second-order valence-corrected chi connectivity index (χ2v) is 1.37. The molecule has 88 valence electrons. The summed E-state index contributed by atoms with van der Waals surface area (Å²) in [7, 11) is 5.12. The van der Waals surface area contributed by atoms with E-state index in [9.17, 15) is 4.79 Å². The van der Waals surface area contributed by atoms with Gasteiger partial charge in [-0.15, -0.1) is 6.58 Å². The number of aldehydes is 1. The van der Waals surface area contributed by atoms with Crippen molar-refractivity contribution in [3.8, 4) is 0 Å². The van der Waals surface area contributed by atoms with Gasteiger partial charge in [-0.25, -0.2) is 0 Å². The van der Waals surface area contributed by atoms with Crippen LogP contribution in [0.25, 0.3) is 0 Å². The van der Waals surface area contributed by atoms with E-state index in [2.05, 4.69) is 16.1 Å². The second-order valence-electron chi connectivity index (χ2n) is 1.37. The molecule has 0 aromatic carbocycles. The molecule has 14 heavy (non-hydrogen) atoms. The van der Waals surface area contributed by atoms with Gasteiger partial charge in [-0.05, 0) is 0 Å². The molecule has 0 amide bonds. The Morgan fingerprint density at radius 1 is 1.07 bits per heavy atom. The molecule has 0 aliphatic rings. The Morgan fingerprint density at radius 3 is 1.43 bits per heavy atom. The molecule has 0 aromatic heterocycles. The van der Waals surface area contributed by atoms with Crippen LogP contribution in [0.3, 0.4) is 0 Å². The van der Waals surface area contributed by atoms with Gasteiger partial charge >= 0.3 is 0 Å². The molecular weight excluding hydrogens is 188 g/mol. The number of carbonyl (C=O) groups is 1. The van der Waals surface area contributed by atoms with E-state index in [1.54, 1.807) is 13.2 Å². The summed E-state index contributed by atoms with van der Waals surface area (Å²) in [5.74, 6) is 0. The van der Waals surface area contributed by atoms with Crippen molar-refractivity contribution in [1.29, 1.82) is 0 Å². The molecule has 0 unspecified atom stereocenters. The fraction of sp³-hybridized carbons (Fsp3) is 0.667. The molecule has 5 heteroatoms. The Hall–Kier alpha value is -0.750. The number of rotatable bonds is 4. The van der Waals surface area contributed by atoms with Crippen LogP contribution >= 0.6 is 0 Å². The summed E-state index contributed by atoms with van der Waals surface area (Å²) in [6, 6.07) is 0. The van der Waals surface area contributed by atoms with Crippen molar-refractivity contribution in [3.05, 3.63) is 12.7 Å². The monoisotopic (exact) mass is 210 g/mol. The summed E-state index contributed by atoms with van der Waals surface area (Å²) < 4.78 is 8.90. The third kappa shape index (κ3) is 112. The Balaban J connectivity index is -0.0000000528. The van der Waals surface area contributed by atoms with E-state index >= 15 is 0 Å². The van der Waals surface area contributed by atoms with Gasteiger partial charge in [-0.3, -0.25) is 0 Å². The van der Waals surface area contributed by atoms with Crippen LogP contribution in [-0.2, 0) is 14.3 Å². The standard InChI is InChI=1S/C4H8O.C3H6O2.2CH4O/c1-3-4-5-2;1-5-3-2-4;2*1-2/h3H,1,4H2,2H3;2H,3H2,1H3;2*2H,1H3. The summed E-state index contributed by atoms with van der Waals surface area (Å²) >= 11 is 0. The third-order valence-corrected chi connectivity index (χ3v) is 0.519. The van der Waals surface area contributed by atoms with Crippen molar-refractivity contribution in [3.63, 3.8) is 0 Å². The molecule has 0 spiro atoms. The summed E-state index contributed by atoms with van der Waals surface area (Å²) in [4.78, 5) is 9.28. The predicted octanol–water partition coefficient (Wildman–Crippen LogP) is -0.133. The summed E-state index contributed by atoms with van der Waals surface area (Å²) in [6.07, 6.45) is 2.42. The SMILES string of the molecule is C=CCOC.CO.CO.COCC=O. The molecule has 0 heterocycles. The highest BCUT2D eigenvalue weighted by molar-refractivity contribution is 5.50. The van der Waals surface area contributed by atoms with Crippen molar-refractivity contribution < 1.29 is 24.5 Å². The van der Waals surface area contributed by atoms with Gasteiger partial charge in [0.05, 0.1) is 6.61 Å². The largest absolute Gasteiger partial charge is 0.400 e. The van der Waals surface area contributed by atoms with Crippen LogP contribution in [0, 0.1) is 0 Å². The number of methoxy groups -OCH3 is 2. The zero-order valence-electron chi connectivity index (χ0n) is 9.40. The third-order valence-electron chi connectivity index (χ3n) is 0.519. The number of aliphatic hydroxyl groups excluding tert-OH is 2. The minimum atomic E-state index is 0.208. The van der Waals surface area contributed by atoms with Gasteiger partial charge in [0.2, 0.25) is 0 Å². The van der Waals surface area contributed by atoms with E-state index in [4.69, 9.17) is 10.2 Å². The maximum absolute atomic E-state index is 9.28. The zero-order valence-corrected chi connectivity index (χ0v) is 9.40. The van der Waals surface area contributed by atoms with Crippen LogP contribution in [0.4, 0.5) is 0 Å². The summed E-state index contributed by atoms with van der Waals surface area (Å²) in [6.45, 7) is 4.29. The number of hydrogen-bond donors (Lipinski definition) is 2. The van der Waals surface area contributed by atoms with Crippen LogP contribution in [0.2, 0.25) is 0 Å². The molecule has 0 atom stereocenters.